The molecule has 0 aromatic heterocycles. The first-order valence-electron chi connectivity index (χ1n) is 32.0. The summed E-state index contributed by atoms with van der Waals surface area (Å²) in [6.45, 7) is 6.98. The molecule has 0 heterocycles. The average molecular weight is 1080 g/mol. The van der Waals surface area contributed by atoms with Crippen LogP contribution in [-0.2, 0) is 27.9 Å². The molecule has 1 amide bonds. The van der Waals surface area contributed by atoms with Gasteiger partial charge >= 0.3 is 13.8 Å². The summed E-state index contributed by atoms with van der Waals surface area (Å²) >= 11 is 0. The second kappa shape index (κ2) is 55.3. The van der Waals surface area contributed by atoms with E-state index in [0.29, 0.717) is 23.9 Å². The summed E-state index contributed by atoms with van der Waals surface area (Å²) in [4.78, 5) is 37.6. The van der Waals surface area contributed by atoms with E-state index in [0.717, 1.165) is 77.0 Å². The van der Waals surface area contributed by atoms with Crippen molar-refractivity contribution in [3.05, 3.63) is 48.6 Å². The smallest absolute Gasteiger partial charge is 0.456 e. The molecule has 0 bridgehead atoms. The van der Waals surface area contributed by atoms with Gasteiger partial charge in [-0.1, -0.05) is 250 Å². The third-order valence-corrected chi connectivity index (χ3v) is 15.2. The second-order valence-corrected chi connectivity index (χ2v) is 24.4. The molecule has 440 valence electrons. The summed E-state index contributed by atoms with van der Waals surface area (Å²) in [5, 5.41) is 3.04. The molecule has 0 saturated heterocycles. The van der Waals surface area contributed by atoms with E-state index in [1.54, 1.807) is 0 Å². The minimum absolute atomic E-state index is 0.0385. The van der Waals surface area contributed by atoms with E-state index in [1.807, 2.05) is 33.3 Å². The van der Waals surface area contributed by atoms with Crippen LogP contribution in [0.4, 0.5) is 0 Å². The molecule has 0 aliphatic rings. The van der Waals surface area contributed by atoms with Crippen molar-refractivity contribution in [3.8, 4) is 0 Å². The van der Waals surface area contributed by atoms with Crippen molar-refractivity contribution in [2.24, 2.45) is 0 Å². The van der Waals surface area contributed by atoms with Gasteiger partial charge in [0, 0.05) is 12.8 Å². The van der Waals surface area contributed by atoms with Crippen molar-refractivity contribution in [3.63, 3.8) is 0 Å². The minimum Gasteiger partial charge on any atom is -0.456 e. The van der Waals surface area contributed by atoms with Crippen molar-refractivity contribution in [2.75, 3.05) is 40.9 Å². The highest BCUT2D eigenvalue weighted by Crippen LogP contribution is 2.43. The summed E-state index contributed by atoms with van der Waals surface area (Å²) in [7, 11) is 1.49. The molecule has 9 nitrogen and oxygen atoms in total. The predicted molar refractivity (Wildman–Crippen MR) is 323 cm³/mol. The third kappa shape index (κ3) is 56.5. The molecule has 10 heteroatoms. The number of nitrogens with one attached hydrogen (secondary N) is 1. The van der Waals surface area contributed by atoms with Crippen molar-refractivity contribution in [1.82, 2.24) is 5.32 Å². The number of amides is 1. The SMILES string of the molecule is CCCCC/C=C\C/C=C\CCCCCCCCCCCCCCCCCC(=O)OC(/C=C\CCCCCCCCCCC)C(COP(=O)(O)OCC[N+](C)(C)C)NC(=O)CCCCC/C=C\CCCCCCCC. The van der Waals surface area contributed by atoms with E-state index < -0.39 is 20.0 Å². The maximum absolute atomic E-state index is 13.5. The van der Waals surface area contributed by atoms with E-state index >= 15 is 0 Å². The molecular formula is C65H124N2O7P+. The molecule has 75 heavy (non-hydrogen) atoms. The van der Waals surface area contributed by atoms with Crippen LogP contribution in [0.2, 0.25) is 0 Å². The van der Waals surface area contributed by atoms with Gasteiger partial charge in [-0.05, 0) is 89.5 Å². The Morgan fingerprint density at radius 3 is 1.25 bits per heavy atom. The lowest BCUT2D eigenvalue weighted by molar-refractivity contribution is -0.870. The number of carbonyl (C=O) groups is 2. The number of esters is 1. The van der Waals surface area contributed by atoms with Gasteiger partial charge in [0.2, 0.25) is 5.91 Å². The Morgan fingerprint density at radius 2 is 0.813 bits per heavy atom. The molecule has 0 aliphatic heterocycles. The molecule has 0 radical (unpaired) electrons. The van der Waals surface area contributed by atoms with Crippen LogP contribution in [-0.4, -0.2) is 74.3 Å². The fraction of sp³-hybridized carbons (Fsp3) is 0.846. The molecule has 0 saturated carbocycles. The van der Waals surface area contributed by atoms with Gasteiger partial charge in [-0.3, -0.25) is 18.6 Å². The Morgan fingerprint density at radius 1 is 0.467 bits per heavy atom. The summed E-state index contributed by atoms with van der Waals surface area (Å²) in [5.74, 6) is -0.515. The number of ether oxygens (including phenoxy) is 1. The number of hydrogen-bond donors (Lipinski definition) is 2. The lowest BCUT2D eigenvalue weighted by atomic mass is 10.0. The van der Waals surface area contributed by atoms with Crippen LogP contribution in [0.15, 0.2) is 48.6 Å². The highest BCUT2D eigenvalue weighted by molar-refractivity contribution is 7.47. The number of likely N-dealkylation sites (N-methyl/N-ethyl adjacent to an activating group) is 1. The minimum atomic E-state index is -4.45. The molecular weight excluding hydrogens is 952 g/mol. The maximum atomic E-state index is 13.5. The van der Waals surface area contributed by atoms with Crippen LogP contribution in [0.1, 0.15) is 303 Å². The number of carbonyl (C=O) groups excluding carboxylic acids is 2. The molecule has 0 spiro atoms. The standard InChI is InChI=1S/C65H123N2O7P/c1-7-10-13-16-19-22-25-27-28-29-30-31-32-33-34-35-36-37-38-40-43-46-49-52-55-58-65(69)74-63(56-53-50-47-44-41-24-21-18-15-12-9-3)62(61-73-75(70,71)72-60-59-67(4,5)6)66-64(68)57-54-51-48-45-42-39-26-23-20-17-14-11-8-2/h19,22,27-28,39,42,53,56,62-63H,7-18,20-21,23-26,29-38,40-41,43-52,54-55,57-61H2,1-6H3,(H-,66,68,70,71)/p+1/b22-19-,28-27-,42-39-,56-53-. The van der Waals surface area contributed by atoms with Crippen LogP contribution in [0.25, 0.3) is 0 Å². The van der Waals surface area contributed by atoms with E-state index in [-0.39, 0.29) is 25.1 Å². The van der Waals surface area contributed by atoms with E-state index in [2.05, 4.69) is 62.5 Å². The fourth-order valence-electron chi connectivity index (χ4n) is 9.26. The quantitative estimate of drug-likeness (QED) is 0.0205. The summed E-state index contributed by atoms with van der Waals surface area (Å²) in [5.41, 5.74) is 0. The van der Waals surface area contributed by atoms with Gasteiger partial charge in [0.15, 0.2) is 0 Å². The largest absolute Gasteiger partial charge is 0.472 e. The van der Waals surface area contributed by atoms with Crippen molar-refractivity contribution < 1.29 is 37.3 Å². The number of quaternary nitrogens is 1. The van der Waals surface area contributed by atoms with Gasteiger partial charge in [0.1, 0.15) is 19.3 Å². The molecule has 2 N–H and O–H groups in total. The number of phosphoric acid groups is 1. The van der Waals surface area contributed by atoms with Gasteiger partial charge < -0.3 is 19.4 Å². The number of nitrogens with zero attached hydrogens (tertiary/aromatic N) is 1. The van der Waals surface area contributed by atoms with E-state index in [4.69, 9.17) is 13.8 Å². The lowest BCUT2D eigenvalue weighted by Crippen LogP contribution is -2.47. The van der Waals surface area contributed by atoms with Crippen LogP contribution in [0.3, 0.4) is 0 Å². The molecule has 0 aromatic carbocycles. The van der Waals surface area contributed by atoms with Gasteiger partial charge in [-0.25, -0.2) is 4.57 Å². The molecule has 3 atom stereocenters. The third-order valence-electron chi connectivity index (χ3n) is 14.2. The van der Waals surface area contributed by atoms with Gasteiger partial charge in [-0.2, -0.15) is 0 Å². The Bertz CT molecular complexity index is 1420. The topological polar surface area (TPSA) is 111 Å². The van der Waals surface area contributed by atoms with Crippen LogP contribution in [0.5, 0.6) is 0 Å². The van der Waals surface area contributed by atoms with Crippen LogP contribution < -0.4 is 5.32 Å². The maximum Gasteiger partial charge on any atom is 0.472 e. The Kier molecular flexibility index (Phi) is 53.8. The first-order chi connectivity index (χ1) is 36.4. The first kappa shape index (κ1) is 73.0. The zero-order chi connectivity index (χ0) is 55.0. The molecule has 0 fully saturated rings. The molecule has 0 aromatic rings. The second-order valence-electron chi connectivity index (χ2n) is 22.9. The van der Waals surface area contributed by atoms with Gasteiger partial charge in [0.05, 0.1) is 33.8 Å². The zero-order valence-corrected chi connectivity index (χ0v) is 51.2. The zero-order valence-electron chi connectivity index (χ0n) is 50.3. The summed E-state index contributed by atoms with van der Waals surface area (Å²) < 4.78 is 30.7. The van der Waals surface area contributed by atoms with Crippen LogP contribution in [0, 0.1) is 0 Å². The number of allylic oxidation sites excluding steroid dienone is 7. The predicted octanol–water partition coefficient (Wildman–Crippen LogP) is 19.7. The van der Waals surface area contributed by atoms with E-state index in [1.165, 1.54) is 193 Å². The van der Waals surface area contributed by atoms with Crippen molar-refractivity contribution >= 4 is 19.7 Å². The van der Waals surface area contributed by atoms with E-state index in [9.17, 15) is 19.0 Å². The number of hydrogen-bond acceptors (Lipinski definition) is 6. The molecule has 0 rings (SSSR count). The van der Waals surface area contributed by atoms with Crippen LogP contribution >= 0.6 is 7.82 Å². The highest BCUT2D eigenvalue weighted by atomic mass is 31.2. The Labute approximate surface area is 465 Å². The summed E-state index contributed by atoms with van der Waals surface area (Å²) in [6, 6.07) is -0.853. The summed E-state index contributed by atoms with van der Waals surface area (Å²) in [6.07, 6.45) is 68.3. The Balaban J connectivity index is 5.05. The normalized spacial score (nSPS) is 14.0. The van der Waals surface area contributed by atoms with Crippen molar-refractivity contribution in [1.29, 1.82) is 0 Å². The number of unbranched alkanes of at least 4 members (excludes halogenated alkanes) is 36. The fourth-order valence-corrected chi connectivity index (χ4v) is 10.00. The molecule has 3 unspecified atom stereocenters. The molecule has 0 aliphatic carbocycles. The lowest BCUT2D eigenvalue weighted by Gasteiger charge is -2.27. The number of rotatable bonds is 58. The number of phosphoric ester groups is 1. The highest BCUT2D eigenvalue weighted by Gasteiger charge is 2.30. The first-order valence-corrected chi connectivity index (χ1v) is 33.5. The monoisotopic (exact) mass is 1080 g/mol. The van der Waals surface area contributed by atoms with Gasteiger partial charge in [-0.15, -0.1) is 0 Å². The average Bonchev–Trinajstić information content (AvgIpc) is 3.37. The van der Waals surface area contributed by atoms with Gasteiger partial charge in [0.25, 0.3) is 0 Å². The van der Waals surface area contributed by atoms with Crippen molar-refractivity contribution in [2.45, 2.75) is 315 Å². The Hall–Kier alpha value is -2.03.